The van der Waals surface area contributed by atoms with Crippen LogP contribution in [0.5, 0.6) is 5.75 Å². The lowest BCUT2D eigenvalue weighted by atomic mass is 10.1. The number of aryl methyl sites for hydroxylation is 3. The van der Waals surface area contributed by atoms with Crippen molar-refractivity contribution in [2.24, 2.45) is 0 Å². The minimum absolute atomic E-state index is 0.0223. The van der Waals surface area contributed by atoms with Gasteiger partial charge in [0.1, 0.15) is 5.75 Å². The predicted molar refractivity (Wildman–Crippen MR) is 81.7 cm³/mol. The predicted octanol–water partition coefficient (Wildman–Crippen LogP) is 2.00. The third-order valence-corrected chi connectivity index (χ3v) is 4.52. The van der Waals surface area contributed by atoms with Crippen LogP contribution in [0.25, 0.3) is 0 Å². The number of ether oxygens (including phenoxy) is 1. The fraction of sp³-hybridized carbons (Fsp3) is 0.312. The molecule has 1 aromatic heterocycles. The summed E-state index contributed by atoms with van der Waals surface area (Å²) in [5.41, 5.74) is 3.40. The second-order valence-corrected chi connectivity index (χ2v) is 6.14. The molecule has 0 N–H and O–H groups in total. The van der Waals surface area contributed by atoms with Gasteiger partial charge in [0.05, 0.1) is 16.5 Å². The molecule has 0 unspecified atom stereocenters. The van der Waals surface area contributed by atoms with Crippen LogP contribution in [-0.4, -0.2) is 23.3 Å². The fourth-order valence-electron chi connectivity index (χ4n) is 2.06. The van der Waals surface area contributed by atoms with Crippen LogP contribution in [0.15, 0.2) is 12.1 Å². The number of aromatic carboxylic acids is 1. The number of hydrogen-bond donors (Lipinski definition) is 0. The lowest BCUT2D eigenvalue weighted by Crippen LogP contribution is -2.21. The summed E-state index contributed by atoms with van der Waals surface area (Å²) in [4.78, 5) is 26.9. The summed E-state index contributed by atoms with van der Waals surface area (Å²) < 4.78 is 5.58. The number of thiazole rings is 1. The Hall–Kier alpha value is -2.21. The van der Waals surface area contributed by atoms with Crippen molar-refractivity contribution < 1.29 is 19.4 Å². The largest absolute Gasteiger partial charge is 0.544 e. The zero-order valence-corrected chi connectivity index (χ0v) is 13.7. The van der Waals surface area contributed by atoms with Crippen LogP contribution in [0.3, 0.4) is 0 Å². The van der Waals surface area contributed by atoms with Crippen LogP contribution in [0.4, 0.5) is 0 Å². The molecule has 0 bridgehead atoms. The van der Waals surface area contributed by atoms with E-state index in [0.717, 1.165) is 28.0 Å². The smallest absolute Gasteiger partial charge is 0.228 e. The van der Waals surface area contributed by atoms with Crippen LogP contribution >= 0.6 is 11.3 Å². The molecule has 0 saturated carbocycles. The van der Waals surface area contributed by atoms with Crippen LogP contribution < -0.4 is 9.84 Å². The molecular weight excluding hydrogens is 302 g/mol. The zero-order valence-electron chi connectivity index (χ0n) is 12.9. The molecule has 0 spiro atoms. The van der Waals surface area contributed by atoms with E-state index in [1.165, 1.54) is 6.92 Å². The number of carbonyl (C=O) groups is 2. The molecule has 22 heavy (non-hydrogen) atoms. The molecule has 0 aliphatic heterocycles. The molecule has 0 aliphatic rings. The summed E-state index contributed by atoms with van der Waals surface area (Å²) in [7, 11) is 0. The number of benzene rings is 1. The summed E-state index contributed by atoms with van der Waals surface area (Å²) in [6.45, 7) is 7.22. The molecule has 0 atom stereocenters. The number of nitrogens with zero attached hydrogens (tertiary/aromatic N) is 1. The van der Waals surface area contributed by atoms with Gasteiger partial charge in [0.2, 0.25) is 5.78 Å². The highest BCUT2D eigenvalue weighted by Gasteiger charge is 2.16. The Kier molecular flexibility index (Phi) is 4.61. The van der Waals surface area contributed by atoms with Gasteiger partial charge in [-0.05, 0) is 50.5 Å². The van der Waals surface area contributed by atoms with Crippen molar-refractivity contribution in [3.8, 4) is 5.75 Å². The van der Waals surface area contributed by atoms with Gasteiger partial charge in [-0.15, -0.1) is 11.3 Å². The summed E-state index contributed by atoms with van der Waals surface area (Å²) in [6.07, 6.45) is 0. The summed E-state index contributed by atoms with van der Waals surface area (Å²) in [5.74, 6) is -1.02. The number of aromatic nitrogens is 1. The Morgan fingerprint density at radius 1 is 1.23 bits per heavy atom. The molecular formula is C16H16NO4S-. The highest BCUT2D eigenvalue weighted by atomic mass is 32.1. The van der Waals surface area contributed by atoms with Crippen LogP contribution in [0.2, 0.25) is 0 Å². The van der Waals surface area contributed by atoms with Crippen molar-refractivity contribution in [3.63, 3.8) is 0 Å². The van der Waals surface area contributed by atoms with Crippen molar-refractivity contribution in [1.29, 1.82) is 0 Å². The van der Waals surface area contributed by atoms with Gasteiger partial charge >= 0.3 is 0 Å². The second-order valence-electron chi connectivity index (χ2n) is 5.14. The quantitative estimate of drug-likeness (QED) is 0.788. The molecule has 5 nitrogen and oxygen atoms in total. The molecule has 0 fully saturated rings. The third-order valence-electron chi connectivity index (χ3n) is 3.34. The molecule has 0 saturated heterocycles. The molecule has 0 aliphatic carbocycles. The van der Waals surface area contributed by atoms with E-state index < -0.39 is 5.97 Å². The second kappa shape index (κ2) is 6.27. The monoisotopic (exact) mass is 318 g/mol. The lowest BCUT2D eigenvalue weighted by Gasteiger charge is -2.11. The Morgan fingerprint density at radius 3 is 2.50 bits per heavy atom. The van der Waals surface area contributed by atoms with Crippen molar-refractivity contribution in [2.45, 2.75) is 27.7 Å². The van der Waals surface area contributed by atoms with E-state index in [0.29, 0.717) is 5.75 Å². The third kappa shape index (κ3) is 3.33. The van der Waals surface area contributed by atoms with Crippen LogP contribution in [0.1, 0.15) is 41.9 Å². The summed E-state index contributed by atoms with van der Waals surface area (Å²) >= 11 is 0.819. The topological polar surface area (TPSA) is 79.3 Å². The van der Waals surface area contributed by atoms with E-state index in [9.17, 15) is 14.7 Å². The minimum Gasteiger partial charge on any atom is -0.544 e. The standard InChI is InChI=1S/C16H17NO4S/c1-8-5-9(2)10(3)13(6-8)21-7-12(18)15-17-11(4)14(22-15)16(19)20/h5-6H,7H2,1-4H3,(H,19,20)/p-1. The maximum Gasteiger partial charge on any atom is 0.228 e. The molecule has 0 radical (unpaired) electrons. The van der Waals surface area contributed by atoms with Crippen molar-refractivity contribution in [1.82, 2.24) is 4.98 Å². The van der Waals surface area contributed by atoms with E-state index in [-0.39, 0.29) is 28.0 Å². The van der Waals surface area contributed by atoms with Gasteiger partial charge in [-0.25, -0.2) is 4.98 Å². The van der Waals surface area contributed by atoms with E-state index in [1.54, 1.807) is 0 Å². The van der Waals surface area contributed by atoms with Crippen molar-refractivity contribution >= 4 is 23.1 Å². The Morgan fingerprint density at radius 2 is 1.91 bits per heavy atom. The van der Waals surface area contributed by atoms with Crippen LogP contribution in [-0.2, 0) is 0 Å². The maximum atomic E-state index is 12.1. The van der Waals surface area contributed by atoms with E-state index in [2.05, 4.69) is 4.98 Å². The van der Waals surface area contributed by atoms with E-state index >= 15 is 0 Å². The molecule has 116 valence electrons. The maximum absolute atomic E-state index is 12.1. The van der Waals surface area contributed by atoms with Gasteiger partial charge in [-0.2, -0.15) is 0 Å². The number of carbonyl (C=O) groups excluding carboxylic acids is 2. The summed E-state index contributed by atoms with van der Waals surface area (Å²) in [6, 6.07) is 3.91. The van der Waals surface area contributed by atoms with Gasteiger partial charge in [-0.3, -0.25) is 4.79 Å². The minimum atomic E-state index is -1.32. The van der Waals surface area contributed by atoms with Crippen molar-refractivity contribution in [2.75, 3.05) is 6.61 Å². The SMILES string of the molecule is Cc1cc(C)c(C)c(OCC(=O)c2nc(C)c(C(=O)[O-])s2)c1. The lowest BCUT2D eigenvalue weighted by molar-refractivity contribution is -0.254. The van der Waals surface area contributed by atoms with Gasteiger partial charge in [0.25, 0.3) is 0 Å². The Balaban J connectivity index is 2.14. The molecule has 1 aromatic carbocycles. The number of ketones is 1. The molecule has 2 rings (SSSR count). The number of carboxylic acids is 1. The summed E-state index contributed by atoms with van der Waals surface area (Å²) in [5, 5.41) is 11.0. The first kappa shape index (κ1) is 16.2. The van der Waals surface area contributed by atoms with Crippen LogP contribution in [0, 0.1) is 27.7 Å². The van der Waals surface area contributed by atoms with E-state index in [4.69, 9.17) is 4.74 Å². The highest BCUT2D eigenvalue weighted by molar-refractivity contribution is 7.15. The molecule has 6 heteroatoms. The average molecular weight is 318 g/mol. The fourth-order valence-corrected chi connectivity index (χ4v) is 2.89. The van der Waals surface area contributed by atoms with Gasteiger partial charge < -0.3 is 14.6 Å². The first-order chi connectivity index (χ1) is 10.3. The number of rotatable bonds is 5. The Labute approximate surface area is 132 Å². The zero-order chi connectivity index (χ0) is 16.4. The first-order valence-corrected chi connectivity index (χ1v) is 7.54. The van der Waals surface area contributed by atoms with Gasteiger partial charge in [0, 0.05) is 0 Å². The Bertz CT molecular complexity index is 749. The normalized spacial score (nSPS) is 10.5. The van der Waals surface area contributed by atoms with Gasteiger partial charge in [0.15, 0.2) is 11.6 Å². The van der Waals surface area contributed by atoms with E-state index in [1.807, 2.05) is 32.9 Å². The molecule has 0 amide bonds. The molecule has 2 aromatic rings. The number of hydrogen-bond acceptors (Lipinski definition) is 6. The highest BCUT2D eigenvalue weighted by Crippen LogP contribution is 2.24. The average Bonchev–Trinajstić information content (AvgIpc) is 2.83. The van der Waals surface area contributed by atoms with Crippen molar-refractivity contribution in [3.05, 3.63) is 44.4 Å². The first-order valence-electron chi connectivity index (χ1n) is 6.72. The molecule has 1 heterocycles. The van der Waals surface area contributed by atoms with Gasteiger partial charge in [-0.1, -0.05) is 6.07 Å². The number of carboxylic acid groups (broad SMARTS) is 1. The number of Topliss-reactive ketones (excluding diaryl/α,β-unsaturated/α-hetero) is 1.